The number of benzene rings is 1. The van der Waals surface area contributed by atoms with Gasteiger partial charge >= 0.3 is 5.97 Å². The van der Waals surface area contributed by atoms with Crippen LogP contribution in [0.2, 0.25) is 0 Å². The van der Waals surface area contributed by atoms with Crippen molar-refractivity contribution in [2.75, 3.05) is 32.6 Å². The molecule has 1 unspecified atom stereocenters. The molecule has 1 radical (unpaired) electrons. The summed E-state index contributed by atoms with van der Waals surface area (Å²) in [5.74, 6) is 0.396. The van der Waals surface area contributed by atoms with Crippen molar-refractivity contribution in [3.05, 3.63) is 45.6 Å². The molecule has 8 heteroatoms. The van der Waals surface area contributed by atoms with Gasteiger partial charge in [-0.05, 0) is 61.4 Å². The first kappa shape index (κ1) is 27.0. The SMILES string of the molecule is CCC(C(=O)Nc1c(C)csc1C(=O)OC)[N+]1(Cc2ccc(OC)cc2)CCCCC1.[Y]. The third kappa shape index (κ3) is 5.99. The van der Waals surface area contributed by atoms with E-state index < -0.39 is 5.97 Å². The second-order valence-corrected chi connectivity index (χ2v) is 9.14. The fourth-order valence-corrected chi connectivity index (χ4v) is 5.61. The summed E-state index contributed by atoms with van der Waals surface area (Å²) >= 11 is 1.30. The van der Waals surface area contributed by atoms with Crippen molar-refractivity contribution >= 4 is 28.9 Å². The maximum absolute atomic E-state index is 13.6. The monoisotopic (exact) mass is 534 g/mol. The van der Waals surface area contributed by atoms with E-state index in [1.54, 1.807) is 7.11 Å². The number of quaternary nitrogens is 1. The molecule has 171 valence electrons. The quantitative estimate of drug-likeness (QED) is 0.392. The number of hydrogen-bond donors (Lipinski definition) is 1. The van der Waals surface area contributed by atoms with Crippen LogP contribution in [0.15, 0.2) is 29.6 Å². The summed E-state index contributed by atoms with van der Waals surface area (Å²) in [5, 5.41) is 4.97. The fraction of sp³-hybridized carbons (Fsp3) is 0.500. The average Bonchev–Trinajstić information content (AvgIpc) is 3.15. The van der Waals surface area contributed by atoms with Gasteiger partial charge in [-0.15, -0.1) is 11.3 Å². The molecule has 1 saturated heterocycles. The van der Waals surface area contributed by atoms with Gasteiger partial charge in [0, 0.05) is 44.7 Å². The number of nitrogens with zero attached hydrogens (tertiary/aromatic N) is 1. The minimum absolute atomic E-state index is 0. The Hall–Kier alpha value is -1.28. The largest absolute Gasteiger partial charge is 0.497 e. The van der Waals surface area contributed by atoms with Crippen LogP contribution in [0.5, 0.6) is 5.75 Å². The number of piperidine rings is 1. The third-order valence-electron chi connectivity index (χ3n) is 6.31. The van der Waals surface area contributed by atoms with E-state index >= 15 is 0 Å². The number of anilines is 1. The first-order valence-electron chi connectivity index (χ1n) is 10.9. The predicted molar refractivity (Wildman–Crippen MR) is 124 cm³/mol. The number of hydrogen-bond acceptors (Lipinski definition) is 5. The van der Waals surface area contributed by atoms with Crippen LogP contribution in [0.25, 0.3) is 0 Å². The molecule has 1 aromatic carbocycles. The number of carbonyl (C=O) groups is 2. The normalized spacial score (nSPS) is 15.9. The van der Waals surface area contributed by atoms with Gasteiger partial charge in [-0.3, -0.25) is 4.79 Å². The standard InChI is InChI=1S/C24H32N2O4S.Y/c1-5-20(23(27)25-21-17(2)16-31-22(21)24(28)30-4)26(13-7-6-8-14-26)15-18-9-11-19(29-3)12-10-18;/h9-12,16,20H,5-8,13-15H2,1-4H3;/p+1. The van der Waals surface area contributed by atoms with Crippen LogP contribution in [0, 0.1) is 6.92 Å². The van der Waals surface area contributed by atoms with E-state index in [1.165, 1.54) is 30.4 Å². The van der Waals surface area contributed by atoms with Crippen molar-refractivity contribution in [3.63, 3.8) is 0 Å². The van der Waals surface area contributed by atoms with Crippen molar-refractivity contribution in [1.29, 1.82) is 0 Å². The molecule has 1 aromatic heterocycles. The Morgan fingerprint density at radius 2 is 1.78 bits per heavy atom. The molecule has 1 fully saturated rings. The van der Waals surface area contributed by atoms with E-state index in [0.717, 1.165) is 54.7 Å². The summed E-state index contributed by atoms with van der Waals surface area (Å²) in [5.41, 5.74) is 2.67. The molecular weight excluding hydrogens is 501 g/mol. The second kappa shape index (κ2) is 12.3. The van der Waals surface area contributed by atoms with Crippen molar-refractivity contribution in [1.82, 2.24) is 0 Å². The number of rotatable bonds is 8. The molecule has 1 amide bonds. The van der Waals surface area contributed by atoms with Crippen LogP contribution >= 0.6 is 11.3 Å². The van der Waals surface area contributed by atoms with Crippen LogP contribution < -0.4 is 10.1 Å². The number of amides is 1. The van der Waals surface area contributed by atoms with E-state index in [4.69, 9.17) is 9.47 Å². The zero-order chi connectivity index (χ0) is 22.4. The Morgan fingerprint density at radius 3 is 2.34 bits per heavy atom. The Balaban J connectivity index is 0.00000363. The van der Waals surface area contributed by atoms with E-state index in [-0.39, 0.29) is 44.7 Å². The zero-order valence-electron chi connectivity index (χ0n) is 19.5. The Morgan fingerprint density at radius 1 is 1.12 bits per heavy atom. The van der Waals surface area contributed by atoms with Crippen molar-refractivity contribution in [2.24, 2.45) is 0 Å². The zero-order valence-corrected chi connectivity index (χ0v) is 23.1. The molecule has 6 nitrogen and oxygen atoms in total. The minimum Gasteiger partial charge on any atom is -0.497 e. The average molecular weight is 535 g/mol. The predicted octanol–water partition coefficient (Wildman–Crippen LogP) is 4.77. The van der Waals surface area contributed by atoms with E-state index in [9.17, 15) is 9.59 Å². The third-order valence-corrected chi connectivity index (χ3v) is 7.39. The topological polar surface area (TPSA) is 64.6 Å². The van der Waals surface area contributed by atoms with Crippen LogP contribution in [0.3, 0.4) is 0 Å². The van der Waals surface area contributed by atoms with E-state index in [2.05, 4.69) is 24.4 Å². The molecule has 32 heavy (non-hydrogen) atoms. The molecule has 1 atom stereocenters. The molecule has 2 aromatic rings. The fourth-order valence-electron chi connectivity index (χ4n) is 4.69. The number of aryl methyl sites for hydroxylation is 1. The smallest absolute Gasteiger partial charge is 0.350 e. The van der Waals surface area contributed by atoms with Crippen LogP contribution in [0.1, 0.15) is 53.4 Å². The number of thiophene rings is 1. The van der Waals surface area contributed by atoms with Crippen LogP contribution in [-0.2, 0) is 48.8 Å². The van der Waals surface area contributed by atoms with E-state index in [0.29, 0.717) is 10.6 Å². The second-order valence-electron chi connectivity index (χ2n) is 8.26. The number of carbonyl (C=O) groups excluding carboxylic acids is 2. The summed E-state index contributed by atoms with van der Waals surface area (Å²) in [4.78, 5) is 26.2. The van der Waals surface area contributed by atoms with Crippen LogP contribution in [0.4, 0.5) is 5.69 Å². The summed E-state index contributed by atoms with van der Waals surface area (Å²) in [6.07, 6.45) is 4.17. The maximum Gasteiger partial charge on any atom is 0.350 e. The molecule has 1 N–H and O–H groups in total. The molecule has 1 aliphatic rings. The first-order chi connectivity index (χ1) is 14.9. The van der Waals surface area contributed by atoms with Gasteiger partial charge < -0.3 is 19.3 Å². The van der Waals surface area contributed by atoms with Crippen molar-refractivity contribution < 1.29 is 56.3 Å². The molecule has 0 spiro atoms. The van der Waals surface area contributed by atoms with Crippen molar-refractivity contribution in [2.45, 2.75) is 52.1 Å². The molecule has 1 aliphatic heterocycles. The van der Waals surface area contributed by atoms with Gasteiger partial charge in [0.15, 0.2) is 6.04 Å². The van der Waals surface area contributed by atoms with Crippen molar-refractivity contribution in [3.8, 4) is 5.75 Å². The van der Waals surface area contributed by atoms with Gasteiger partial charge in [-0.2, -0.15) is 0 Å². The maximum atomic E-state index is 13.6. The molecule has 0 saturated carbocycles. The number of nitrogens with one attached hydrogen (secondary N) is 1. The van der Waals surface area contributed by atoms with Crippen LogP contribution in [-0.4, -0.2) is 49.7 Å². The first-order valence-corrected chi connectivity index (χ1v) is 11.8. The number of ether oxygens (including phenoxy) is 2. The summed E-state index contributed by atoms with van der Waals surface area (Å²) in [7, 11) is 3.03. The summed E-state index contributed by atoms with van der Waals surface area (Å²) in [6, 6.07) is 7.96. The molecule has 3 rings (SSSR count). The van der Waals surface area contributed by atoms with E-state index in [1.807, 2.05) is 24.4 Å². The molecule has 0 bridgehead atoms. The Bertz CT molecular complexity index is 907. The Kier molecular flexibility index (Phi) is 10.3. The van der Waals surface area contributed by atoms with Gasteiger partial charge in [0.1, 0.15) is 17.2 Å². The number of esters is 1. The van der Waals surface area contributed by atoms with Gasteiger partial charge in [0.05, 0.1) is 33.0 Å². The molecule has 0 aliphatic carbocycles. The van der Waals surface area contributed by atoms with Gasteiger partial charge in [0.2, 0.25) is 0 Å². The number of likely N-dealkylation sites (tertiary alicyclic amines) is 1. The van der Waals surface area contributed by atoms with Gasteiger partial charge in [-0.25, -0.2) is 4.79 Å². The Labute approximate surface area is 220 Å². The van der Waals surface area contributed by atoms with Gasteiger partial charge in [-0.1, -0.05) is 6.92 Å². The minimum atomic E-state index is -0.415. The number of methoxy groups -OCH3 is 2. The molecular formula is C24H33N2O4SY+. The van der Waals surface area contributed by atoms with Gasteiger partial charge in [0.25, 0.3) is 5.91 Å². The summed E-state index contributed by atoms with van der Waals surface area (Å²) in [6.45, 7) is 6.74. The molecule has 2 heterocycles. The summed E-state index contributed by atoms with van der Waals surface area (Å²) < 4.78 is 10.9.